The van der Waals surface area contributed by atoms with Crippen molar-refractivity contribution in [2.24, 2.45) is 0 Å². The van der Waals surface area contributed by atoms with Crippen molar-refractivity contribution < 1.29 is 13.2 Å². The molecule has 2 saturated heterocycles. The molecule has 1 amide bonds. The Hall–Kier alpha value is -1.90. The van der Waals surface area contributed by atoms with E-state index in [1.54, 1.807) is 16.4 Å². The first-order chi connectivity index (χ1) is 13.9. The van der Waals surface area contributed by atoms with Gasteiger partial charge in [-0.25, -0.2) is 8.42 Å². The number of hydrogen-bond acceptors (Lipinski definition) is 5. The second-order valence-corrected chi connectivity index (χ2v) is 11.0. The summed E-state index contributed by atoms with van der Waals surface area (Å²) < 4.78 is 27.2. The average Bonchev–Trinajstić information content (AvgIpc) is 3.41. The molecule has 1 aromatic heterocycles. The number of carbonyl (C=O) groups excluding carboxylic acids is 1. The fourth-order valence-corrected chi connectivity index (χ4v) is 6.97. The largest absolute Gasteiger partial charge is 0.368 e. The van der Waals surface area contributed by atoms with Crippen LogP contribution in [-0.4, -0.2) is 62.8 Å². The van der Waals surface area contributed by atoms with Gasteiger partial charge in [0.1, 0.15) is 4.21 Å². The molecule has 4 rings (SSSR count). The van der Waals surface area contributed by atoms with E-state index in [1.165, 1.54) is 22.6 Å². The van der Waals surface area contributed by atoms with E-state index in [2.05, 4.69) is 36.1 Å². The van der Waals surface area contributed by atoms with E-state index in [0.717, 1.165) is 30.8 Å². The zero-order valence-electron chi connectivity index (χ0n) is 16.7. The van der Waals surface area contributed by atoms with Crippen molar-refractivity contribution >= 4 is 33.0 Å². The number of piperazine rings is 1. The van der Waals surface area contributed by atoms with Crippen molar-refractivity contribution in [1.82, 2.24) is 9.21 Å². The summed E-state index contributed by atoms with van der Waals surface area (Å²) in [5.74, 6) is 0.0702. The third kappa shape index (κ3) is 4.49. The Morgan fingerprint density at radius 1 is 1.00 bits per heavy atom. The molecule has 8 heteroatoms. The normalized spacial score (nSPS) is 18.4. The SMILES string of the molecule is Cc1cccc(N2CCN(C(=O)Cc3ccc(S(=O)(=O)N4CCCC4)s3)CC2)c1. The van der Waals surface area contributed by atoms with Gasteiger partial charge in [0.25, 0.3) is 10.0 Å². The predicted octanol–water partition coefficient (Wildman–Crippen LogP) is 2.73. The molecule has 2 aliphatic heterocycles. The molecule has 2 aromatic rings. The number of rotatable bonds is 5. The van der Waals surface area contributed by atoms with Gasteiger partial charge < -0.3 is 9.80 Å². The third-order valence-electron chi connectivity index (χ3n) is 5.62. The van der Waals surface area contributed by atoms with Crippen LogP contribution in [0, 0.1) is 6.92 Å². The van der Waals surface area contributed by atoms with Gasteiger partial charge in [-0.3, -0.25) is 4.79 Å². The molecular weight excluding hydrogens is 406 g/mol. The highest BCUT2D eigenvalue weighted by Gasteiger charge is 2.29. The molecule has 1 aromatic carbocycles. The molecule has 2 aliphatic rings. The number of aryl methyl sites for hydroxylation is 1. The molecule has 2 fully saturated rings. The molecule has 0 aliphatic carbocycles. The first-order valence-electron chi connectivity index (χ1n) is 10.1. The van der Waals surface area contributed by atoms with Crippen LogP contribution in [0.4, 0.5) is 5.69 Å². The van der Waals surface area contributed by atoms with Crippen molar-refractivity contribution in [1.29, 1.82) is 0 Å². The van der Waals surface area contributed by atoms with E-state index in [9.17, 15) is 13.2 Å². The summed E-state index contributed by atoms with van der Waals surface area (Å²) in [4.78, 5) is 17.7. The van der Waals surface area contributed by atoms with E-state index in [-0.39, 0.29) is 12.3 Å². The van der Waals surface area contributed by atoms with Crippen LogP contribution < -0.4 is 4.90 Å². The van der Waals surface area contributed by atoms with Crippen molar-refractivity contribution in [2.45, 2.75) is 30.4 Å². The quantitative estimate of drug-likeness (QED) is 0.728. The Morgan fingerprint density at radius 2 is 1.72 bits per heavy atom. The van der Waals surface area contributed by atoms with Gasteiger partial charge in [0, 0.05) is 49.8 Å². The van der Waals surface area contributed by atoms with E-state index < -0.39 is 10.0 Å². The van der Waals surface area contributed by atoms with Crippen LogP contribution >= 0.6 is 11.3 Å². The van der Waals surface area contributed by atoms with Gasteiger partial charge in [0.05, 0.1) is 6.42 Å². The molecule has 0 bridgehead atoms. The lowest BCUT2D eigenvalue weighted by Crippen LogP contribution is -2.49. The highest BCUT2D eigenvalue weighted by Crippen LogP contribution is 2.28. The highest BCUT2D eigenvalue weighted by atomic mass is 32.2. The van der Waals surface area contributed by atoms with Crippen LogP contribution in [0.15, 0.2) is 40.6 Å². The lowest BCUT2D eigenvalue weighted by Gasteiger charge is -2.36. The van der Waals surface area contributed by atoms with Crippen LogP contribution in [-0.2, 0) is 21.2 Å². The molecule has 6 nitrogen and oxygen atoms in total. The maximum absolute atomic E-state index is 12.7. The Balaban J connectivity index is 1.34. The van der Waals surface area contributed by atoms with Crippen molar-refractivity contribution in [3.63, 3.8) is 0 Å². The standard InChI is InChI=1S/C21H27N3O3S2/c1-17-5-4-6-18(15-17)22-11-13-23(14-12-22)20(25)16-19-7-8-21(28-19)29(26,27)24-9-2-3-10-24/h4-8,15H,2-3,9-14,16H2,1H3. The molecule has 0 atom stereocenters. The summed E-state index contributed by atoms with van der Waals surface area (Å²) in [6.07, 6.45) is 2.11. The second-order valence-electron chi connectivity index (χ2n) is 7.72. The van der Waals surface area contributed by atoms with E-state index in [1.807, 2.05) is 4.90 Å². The fourth-order valence-electron chi connectivity index (χ4n) is 3.95. The lowest BCUT2D eigenvalue weighted by molar-refractivity contribution is -0.130. The number of amides is 1. The molecule has 0 saturated carbocycles. The van der Waals surface area contributed by atoms with Crippen LogP contribution in [0.25, 0.3) is 0 Å². The zero-order chi connectivity index (χ0) is 20.4. The summed E-state index contributed by atoms with van der Waals surface area (Å²) in [6, 6.07) is 11.9. The first-order valence-corrected chi connectivity index (χ1v) is 12.4. The van der Waals surface area contributed by atoms with Gasteiger partial charge in [0.2, 0.25) is 5.91 Å². The summed E-state index contributed by atoms with van der Waals surface area (Å²) >= 11 is 1.23. The highest BCUT2D eigenvalue weighted by molar-refractivity contribution is 7.91. The van der Waals surface area contributed by atoms with Gasteiger partial charge in [0.15, 0.2) is 0 Å². The van der Waals surface area contributed by atoms with Gasteiger partial charge in [-0.2, -0.15) is 4.31 Å². The third-order valence-corrected chi connectivity index (χ3v) is 9.07. The molecule has 3 heterocycles. The monoisotopic (exact) mass is 433 g/mol. The van der Waals surface area contributed by atoms with Crippen LogP contribution in [0.5, 0.6) is 0 Å². The lowest BCUT2D eigenvalue weighted by atomic mass is 10.2. The Labute approximate surface area is 176 Å². The Kier molecular flexibility index (Phi) is 5.94. The Bertz CT molecular complexity index is 973. The summed E-state index contributed by atoms with van der Waals surface area (Å²) in [7, 11) is -3.40. The minimum absolute atomic E-state index is 0.0702. The molecular formula is C21H27N3O3S2. The Morgan fingerprint density at radius 3 is 2.41 bits per heavy atom. The molecule has 0 N–H and O–H groups in total. The predicted molar refractivity (Wildman–Crippen MR) is 116 cm³/mol. The second kappa shape index (κ2) is 8.45. The molecule has 0 spiro atoms. The summed E-state index contributed by atoms with van der Waals surface area (Å²) in [6.45, 7) is 6.29. The number of hydrogen-bond donors (Lipinski definition) is 0. The maximum atomic E-state index is 12.7. The minimum atomic E-state index is -3.40. The molecule has 0 unspecified atom stereocenters. The zero-order valence-corrected chi connectivity index (χ0v) is 18.3. The fraction of sp³-hybridized carbons (Fsp3) is 0.476. The first kappa shape index (κ1) is 20.4. The van der Waals surface area contributed by atoms with E-state index in [0.29, 0.717) is 30.4 Å². The molecule has 156 valence electrons. The van der Waals surface area contributed by atoms with E-state index >= 15 is 0 Å². The van der Waals surface area contributed by atoms with Gasteiger partial charge >= 0.3 is 0 Å². The van der Waals surface area contributed by atoms with Crippen molar-refractivity contribution in [3.05, 3.63) is 46.8 Å². The van der Waals surface area contributed by atoms with Crippen LogP contribution in [0.3, 0.4) is 0 Å². The number of carbonyl (C=O) groups is 1. The number of anilines is 1. The number of sulfonamides is 1. The van der Waals surface area contributed by atoms with Gasteiger partial charge in [-0.05, 0) is 49.6 Å². The number of nitrogens with zero attached hydrogens (tertiary/aromatic N) is 3. The smallest absolute Gasteiger partial charge is 0.252 e. The van der Waals surface area contributed by atoms with Crippen LogP contribution in [0.1, 0.15) is 23.3 Å². The van der Waals surface area contributed by atoms with Crippen LogP contribution in [0.2, 0.25) is 0 Å². The minimum Gasteiger partial charge on any atom is -0.368 e. The van der Waals surface area contributed by atoms with Gasteiger partial charge in [-0.1, -0.05) is 12.1 Å². The summed E-state index contributed by atoms with van der Waals surface area (Å²) in [5, 5.41) is 0. The topological polar surface area (TPSA) is 60.9 Å². The van der Waals surface area contributed by atoms with E-state index in [4.69, 9.17) is 0 Å². The average molecular weight is 434 g/mol. The number of thiophene rings is 1. The van der Waals surface area contributed by atoms with Crippen molar-refractivity contribution in [2.75, 3.05) is 44.2 Å². The molecule has 0 radical (unpaired) electrons. The van der Waals surface area contributed by atoms with Crippen molar-refractivity contribution in [3.8, 4) is 0 Å². The number of benzene rings is 1. The van der Waals surface area contributed by atoms with Gasteiger partial charge in [-0.15, -0.1) is 11.3 Å². The maximum Gasteiger partial charge on any atom is 0.252 e. The molecule has 29 heavy (non-hydrogen) atoms. The summed E-state index contributed by atoms with van der Waals surface area (Å²) in [5.41, 5.74) is 2.44.